The molecule has 2 aliphatic rings. The summed E-state index contributed by atoms with van der Waals surface area (Å²) in [7, 11) is 1.45. The van der Waals surface area contributed by atoms with Crippen LogP contribution in [0.3, 0.4) is 0 Å². The van der Waals surface area contributed by atoms with Gasteiger partial charge >= 0.3 is 5.97 Å². The Hall–Kier alpha value is -3.39. The quantitative estimate of drug-likeness (QED) is 0.580. The van der Waals surface area contributed by atoms with Gasteiger partial charge in [0.05, 0.1) is 19.4 Å². The number of ether oxygens (including phenoxy) is 2. The number of nitrogens with zero attached hydrogens (tertiary/aromatic N) is 2. The number of hydrogen-bond donors (Lipinski definition) is 1. The first kappa shape index (κ1) is 19.9. The number of esters is 1. The van der Waals surface area contributed by atoms with Gasteiger partial charge in [0.2, 0.25) is 5.91 Å². The van der Waals surface area contributed by atoms with Crippen LogP contribution in [0.1, 0.15) is 12.5 Å². The summed E-state index contributed by atoms with van der Waals surface area (Å²) >= 11 is 6.01. The van der Waals surface area contributed by atoms with Crippen LogP contribution in [0, 0.1) is 5.92 Å². The largest absolute Gasteiger partial charge is 0.495 e. The molecule has 4 rings (SSSR count). The molecule has 0 aliphatic carbocycles. The van der Waals surface area contributed by atoms with E-state index in [4.69, 9.17) is 21.1 Å². The monoisotopic (exact) mass is 427 g/mol. The zero-order valence-electron chi connectivity index (χ0n) is 16.2. The number of nitrogens with one attached hydrogen (secondary N) is 1. The Morgan fingerprint density at radius 3 is 2.57 bits per heavy atom. The SMILES string of the molecule is CCOC(=O)C1=NN[C@]2(c3ccc(Cl)cc3)C(=O)N(c3ccccc3OC)C(=O)[C@@H]12. The molecular formula is C21H18ClN3O5. The molecule has 2 atom stereocenters. The van der Waals surface area contributed by atoms with Crippen molar-refractivity contribution < 1.29 is 23.9 Å². The molecule has 2 heterocycles. The fraction of sp³-hybridized carbons (Fsp3) is 0.238. The van der Waals surface area contributed by atoms with E-state index in [1.54, 1.807) is 55.5 Å². The summed E-state index contributed by atoms with van der Waals surface area (Å²) in [6.07, 6.45) is 0. The second-order valence-corrected chi connectivity index (χ2v) is 7.16. The molecule has 0 spiro atoms. The highest BCUT2D eigenvalue weighted by molar-refractivity contribution is 6.47. The van der Waals surface area contributed by atoms with E-state index in [-0.39, 0.29) is 18.0 Å². The number of hydrazone groups is 1. The second kappa shape index (κ2) is 7.46. The maximum absolute atomic E-state index is 13.7. The normalized spacial score (nSPS) is 22.4. The van der Waals surface area contributed by atoms with Crippen molar-refractivity contribution in [2.45, 2.75) is 12.5 Å². The lowest BCUT2D eigenvalue weighted by molar-refractivity contribution is -0.136. The van der Waals surface area contributed by atoms with Crippen molar-refractivity contribution in [1.82, 2.24) is 5.43 Å². The zero-order valence-corrected chi connectivity index (χ0v) is 17.0. The van der Waals surface area contributed by atoms with Crippen LogP contribution in [-0.2, 0) is 24.7 Å². The van der Waals surface area contributed by atoms with Crippen molar-refractivity contribution in [2.24, 2.45) is 11.0 Å². The maximum Gasteiger partial charge on any atom is 0.355 e. The van der Waals surface area contributed by atoms with Crippen molar-refractivity contribution in [3.63, 3.8) is 0 Å². The van der Waals surface area contributed by atoms with Gasteiger partial charge in [-0.3, -0.25) is 15.0 Å². The van der Waals surface area contributed by atoms with Crippen molar-refractivity contribution in [3.8, 4) is 5.75 Å². The lowest BCUT2D eigenvalue weighted by Gasteiger charge is -2.26. The molecule has 9 heteroatoms. The van der Waals surface area contributed by atoms with Gasteiger partial charge < -0.3 is 9.47 Å². The van der Waals surface area contributed by atoms with Crippen molar-refractivity contribution in [3.05, 3.63) is 59.1 Å². The molecule has 2 amide bonds. The average molecular weight is 428 g/mol. The molecule has 2 aliphatic heterocycles. The summed E-state index contributed by atoms with van der Waals surface area (Å²) in [5, 5.41) is 4.51. The minimum atomic E-state index is -1.59. The predicted octanol–water partition coefficient (Wildman–Crippen LogP) is 2.26. The summed E-state index contributed by atoms with van der Waals surface area (Å²) < 4.78 is 10.4. The number of carbonyl (C=O) groups is 3. The predicted molar refractivity (Wildman–Crippen MR) is 109 cm³/mol. The van der Waals surface area contributed by atoms with E-state index in [1.165, 1.54) is 7.11 Å². The van der Waals surface area contributed by atoms with E-state index in [9.17, 15) is 14.4 Å². The number of anilines is 1. The summed E-state index contributed by atoms with van der Waals surface area (Å²) in [6, 6.07) is 13.1. The molecule has 2 aromatic carbocycles. The molecule has 0 bridgehead atoms. The van der Waals surface area contributed by atoms with E-state index in [0.717, 1.165) is 4.90 Å². The van der Waals surface area contributed by atoms with E-state index in [0.29, 0.717) is 16.3 Å². The number of benzene rings is 2. The molecule has 1 fully saturated rings. The van der Waals surface area contributed by atoms with Crippen LogP contribution in [0.15, 0.2) is 53.6 Å². The Morgan fingerprint density at radius 1 is 1.20 bits per heavy atom. The van der Waals surface area contributed by atoms with Gasteiger partial charge in [-0.2, -0.15) is 5.10 Å². The summed E-state index contributed by atoms with van der Waals surface area (Å²) in [5.41, 5.74) is 1.76. The highest BCUT2D eigenvalue weighted by atomic mass is 35.5. The molecule has 1 N–H and O–H groups in total. The van der Waals surface area contributed by atoms with Crippen LogP contribution in [0.2, 0.25) is 5.02 Å². The smallest absolute Gasteiger partial charge is 0.355 e. The minimum Gasteiger partial charge on any atom is -0.495 e. The van der Waals surface area contributed by atoms with Crippen LogP contribution in [0.4, 0.5) is 5.69 Å². The number of carbonyl (C=O) groups excluding carboxylic acids is 3. The Balaban J connectivity index is 1.89. The Kier molecular flexibility index (Phi) is 4.95. The molecule has 154 valence electrons. The molecule has 8 nitrogen and oxygen atoms in total. The van der Waals surface area contributed by atoms with Crippen LogP contribution in [-0.4, -0.2) is 37.2 Å². The summed E-state index contributed by atoms with van der Waals surface area (Å²) in [5.74, 6) is -2.78. The first-order chi connectivity index (χ1) is 14.5. The van der Waals surface area contributed by atoms with Gasteiger partial charge in [0, 0.05) is 5.02 Å². The summed E-state index contributed by atoms with van der Waals surface area (Å²) in [6.45, 7) is 1.76. The topological polar surface area (TPSA) is 97.3 Å². The Bertz CT molecular complexity index is 1070. The maximum atomic E-state index is 13.7. The van der Waals surface area contributed by atoms with Crippen LogP contribution < -0.4 is 15.1 Å². The third kappa shape index (κ3) is 2.75. The van der Waals surface area contributed by atoms with Crippen LogP contribution >= 0.6 is 11.6 Å². The molecule has 0 aromatic heterocycles. The van der Waals surface area contributed by atoms with Gasteiger partial charge in [-0.05, 0) is 36.8 Å². The van der Waals surface area contributed by atoms with Crippen molar-refractivity contribution in [2.75, 3.05) is 18.6 Å². The fourth-order valence-electron chi connectivity index (χ4n) is 3.84. The number of fused-ring (bicyclic) bond motifs is 1. The first-order valence-corrected chi connectivity index (χ1v) is 9.62. The lowest BCUT2D eigenvalue weighted by atomic mass is 9.79. The first-order valence-electron chi connectivity index (χ1n) is 9.25. The highest BCUT2D eigenvalue weighted by Gasteiger charge is 2.67. The van der Waals surface area contributed by atoms with Gasteiger partial charge in [0.15, 0.2) is 11.3 Å². The fourth-order valence-corrected chi connectivity index (χ4v) is 3.97. The van der Waals surface area contributed by atoms with E-state index >= 15 is 0 Å². The Labute approximate surface area is 177 Å². The van der Waals surface area contributed by atoms with Crippen LogP contribution in [0.25, 0.3) is 0 Å². The van der Waals surface area contributed by atoms with Gasteiger partial charge in [-0.15, -0.1) is 0 Å². The number of amides is 2. The van der Waals surface area contributed by atoms with Gasteiger partial charge in [0.25, 0.3) is 5.91 Å². The number of halogens is 1. The molecule has 30 heavy (non-hydrogen) atoms. The standard InChI is InChI=1S/C21H18ClN3O5/c1-3-30-19(27)17-16-18(26)25(14-6-4-5-7-15(14)29-2)20(28)21(16,24-23-17)12-8-10-13(22)11-9-12/h4-11,16,24H,3H2,1-2H3/t16-,21+/m1/s1. The van der Waals surface area contributed by atoms with E-state index < -0.39 is 29.2 Å². The highest BCUT2D eigenvalue weighted by Crippen LogP contribution is 2.46. The molecule has 2 aromatic rings. The zero-order chi connectivity index (χ0) is 21.5. The third-order valence-corrected chi connectivity index (χ3v) is 5.43. The van der Waals surface area contributed by atoms with E-state index in [1.807, 2.05) is 0 Å². The van der Waals surface area contributed by atoms with Gasteiger partial charge in [0.1, 0.15) is 11.7 Å². The second-order valence-electron chi connectivity index (χ2n) is 6.73. The van der Waals surface area contributed by atoms with Crippen molar-refractivity contribution in [1.29, 1.82) is 0 Å². The molecule has 0 unspecified atom stereocenters. The van der Waals surface area contributed by atoms with Gasteiger partial charge in [-0.25, -0.2) is 9.69 Å². The number of para-hydroxylation sites is 2. The Morgan fingerprint density at radius 2 is 1.90 bits per heavy atom. The molecular weight excluding hydrogens is 410 g/mol. The molecule has 0 radical (unpaired) electrons. The minimum absolute atomic E-state index is 0.108. The summed E-state index contributed by atoms with van der Waals surface area (Å²) in [4.78, 5) is 40.8. The van der Waals surface area contributed by atoms with Crippen molar-refractivity contribution >= 4 is 40.8 Å². The lowest BCUT2D eigenvalue weighted by Crippen LogP contribution is -2.48. The molecule has 1 saturated heterocycles. The number of imide groups is 1. The third-order valence-electron chi connectivity index (χ3n) is 5.18. The molecule has 0 saturated carbocycles. The number of hydrogen-bond acceptors (Lipinski definition) is 7. The average Bonchev–Trinajstić information content (AvgIpc) is 3.25. The van der Waals surface area contributed by atoms with E-state index in [2.05, 4.69) is 10.5 Å². The van der Waals surface area contributed by atoms with Crippen LogP contribution in [0.5, 0.6) is 5.75 Å². The number of methoxy groups -OCH3 is 1. The van der Waals surface area contributed by atoms with Gasteiger partial charge in [-0.1, -0.05) is 35.9 Å². The number of rotatable bonds is 5.